The van der Waals surface area contributed by atoms with Gasteiger partial charge in [0.15, 0.2) is 6.61 Å². The van der Waals surface area contributed by atoms with Crippen molar-refractivity contribution in [3.8, 4) is 5.75 Å². The summed E-state index contributed by atoms with van der Waals surface area (Å²) in [5.41, 5.74) is 11.4. The van der Waals surface area contributed by atoms with E-state index in [1.807, 2.05) is 38.1 Å². The molecule has 0 unspecified atom stereocenters. The van der Waals surface area contributed by atoms with E-state index >= 15 is 0 Å². The SMILES string of the molecule is C/C(=N\NC(=O)COc1ccc(Br)c(C)c1)c1ccc(N)cc1. The summed E-state index contributed by atoms with van der Waals surface area (Å²) >= 11 is 3.42. The molecule has 0 atom stereocenters. The van der Waals surface area contributed by atoms with Crippen LogP contribution in [0.2, 0.25) is 0 Å². The number of hydrazone groups is 1. The Morgan fingerprint density at radius 1 is 1.26 bits per heavy atom. The van der Waals surface area contributed by atoms with Gasteiger partial charge in [0.1, 0.15) is 5.75 Å². The van der Waals surface area contributed by atoms with Gasteiger partial charge in [-0.2, -0.15) is 5.10 Å². The van der Waals surface area contributed by atoms with E-state index in [-0.39, 0.29) is 12.5 Å². The molecule has 0 fully saturated rings. The summed E-state index contributed by atoms with van der Waals surface area (Å²) in [4.78, 5) is 11.8. The number of carbonyl (C=O) groups is 1. The van der Waals surface area contributed by atoms with Gasteiger partial charge in [0, 0.05) is 10.2 Å². The Balaban J connectivity index is 1.88. The van der Waals surface area contributed by atoms with Crippen molar-refractivity contribution in [2.75, 3.05) is 12.3 Å². The number of benzene rings is 2. The number of nitrogen functional groups attached to an aromatic ring is 1. The number of nitrogens with one attached hydrogen (secondary N) is 1. The maximum absolute atomic E-state index is 11.8. The maximum atomic E-state index is 11.8. The van der Waals surface area contributed by atoms with Crippen LogP contribution in [0.5, 0.6) is 5.75 Å². The minimum atomic E-state index is -0.319. The quantitative estimate of drug-likeness (QED) is 0.478. The second-order valence-electron chi connectivity index (χ2n) is 5.05. The number of halogens is 1. The minimum absolute atomic E-state index is 0.0976. The molecule has 0 aliphatic heterocycles. The molecule has 5 nitrogen and oxygen atoms in total. The molecule has 23 heavy (non-hydrogen) atoms. The number of anilines is 1. The van der Waals surface area contributed by atoms with E-state index in [1.165, 1.54) is 0 Å². The van der Waals surface area contributed by atoms with E-state index in [1.54, 1.807) is 18.2 Å². The summed E-state index contributed by atoms with van der Waals surface area (Å²) < 4.78 is 6.44. The molecule has 0 saturated heterocycles. The summed E-state index contributed by atoms with van der Waals surface area (Å²) in [5, 5.41) is 4.06. The number of nitrogens with zero attached hydrogens (tertiary/aromatic N) is 1. The normalized spacial score (nSPS) is 11.2. The van der Waals surface area contributed by atoms with Crippen LogP contribution in [0, 0.1) is 6.92 Å². The summed E-state index contributed by atoms with van der Waals surface area (Å²) in [6, 6.07) is 12.8. The standard InChI is InChI=1S/C17H18BrN3O2/c1-11-9-15(7-8-16(11)18)23-10-17(22)21-20-12(2)13-3-5-14(19)6-4-13/h3-9H,10,19H2,1-2H3,(H,21,22)/b20-12+. The third kappa shape index (κ3) is 5.10. The second-order valence-corrected chi connectivity index (χ2v) is 5.91. The van der Waals surface area contributed by atoms with Gasteiger partial charge in [0.2, 0.25) is 0 Å². The van der Waals surface area contributed by atoms with Crippen molar-refractivity contribution in [2.24, 2.45) is 5.10 Å². The third-order valence-electron chi connectivity index (χ3n) is 3.18. The van der Waals surface area contributed by atoms with Crippen LogP contribution in [0.1, 0.15) is 18.1 Å². The Hall–Kier alpha value is -2.34. The molecule has 0 heterocycles. The van der Waals surface area contributed by atoms with Gasteiger partial charge < -0.3 is 10.5 Å². The molecule has 0 aliphatic rings. The van der Waals surface area contributed by atoms with Crippen LogP contribution in [0.3, 0.4) is 0 Å². The third-order valence-corrected chi connectivity index (χ3v) is 4.07. The Labute approximate surface area is 143 Å². The van der Waals surface area contributed by atoms with Gasteiger partial charge >= 0.3 is 0 Å². The molecule has 2 rings (SSSR count). The summed E-state index contributed by atoms with van der Waals surface area (Å²) in [7, 11) is 0. The molecule has 0 radical (unpaired) electrons. The van der Waals surface area contributed by atoms with Crippen LogP contribution >= 0.6 is 15.9 Å². The Kier molecular flexibility index (Phi) is 5.76. The van der Waals surface area contributed by atoms with Gasteiger partial charge in [0.05, 0.1) is 5.71 Å². The molecular weight excluding hydrogens is 358 g/mol. The lowest BCUT2D eigenvalue weighted by Gasteiger charge is -2.07. The number of hydrogen-bond acceptors (Lipinski definition) is 4. The van der Waals surface area contributed by atoms with Gasteiger partial charge in [-0.05, 0) is 55.3 Å². The number of hydrogen-bond donors (Lipinski definition) is 2. The average molecular weight is 376 g/mol. The lowest BCUT2D eigenvalue weighted by atomic mass is 10.1. The summed E-state index contributed by atoms with van der Waals surface area (Å²) in [6.45, 7) is 3.67. The molecule has 0 saturated carbocycles. The number of nitrogens with two attached hydrogens (primary N) is 1. The average Bonchev–Trinajstić information content (AvgIpc) is 2.54. The first-order valence-electron chi connectivity index (χ1n) is 7.03. The molecule has 3 N–H and O–H groups in total. The first-order chi connectivity index (χ1) is 11.0. The molecule has 0 spiro atoms. The van der Waals surface area contributed by atoms with Crippen molar-refractivity contribution < 1.29 is 9.53 Å². The van der Waals surface area contributed by atoms with Crippen LogP contribution in [-0.4, -0.2) is 18.2 Å². The molecule has 0 aromatic heterocycles. The van der Waals surface area contributed by atoms with Gasteiger partial charge in [-0.25, -0.2) is 5.43 Å². The lowest BCUT2D eigenvalue weighted by molar-refractivity contribution is -0.123. The minimum Gasteiger partial charge on any atom is -0.484 e. The molecule has 6 heteroatoms. The van der Waals surface area contributed by atoms with Crippen LogP contribution in [0.4, 0.5) is 5.69 Å². The Morgan fingerprint density at radius 2 is 1.96 bits per heavy atom. The van der Waals surface area contributed by atoms with Crippen molar-refractivity contribution in [1.82, 2.24) is 5.43 Å². The van der Waals surface area contributed by atoms with Crippen molar-refractivity contribution in [3.63, 3.8) is 0 Å². The van der Waals surface area contributed by atoms with Crippen molar-refractivity contribution >= 4 is 33.2 Å². The largest absolute Gasteiger partial charge is 0.484 e. The van der Waals surface area contributed by atoms with Gasteiger partial charge in [-0.15, -0.1) is 0 Å². The fourth-order valence-electron chi connectivity index (χ4n) is 1.82. The van der Waals surface area contributed by atoms with Crippen LogP contribution < -0.4 is 15.9 Å². The van der Waals surface area contributed by atoms with Gasteiger partial charge in [-0.3, -0.25) is 4.79 Å². The highest BCUT2D eigenvalue weighted by atomic mass is 79.9. The highest BCUT2D eigenvalue weighted by molar-refractivity contribution is 9.10. The van der Waals surface area contributed by atoms with Crippen LogP contribution in [0.15, 0.2) is 52.0 Å². The fraction of sp³-hybridized carbons (Fsp3) is 0.176. The molecule has 2 aromatic carbocycles. The van der Waals surface area contributed by atoms with E-state index in [0.29, 0.717) is 17.1 Å². The van der Waals surface area contributed by atoms with E-state index in [2.05, 4.69) is 26.5 Å². The first kappa shape index (κ1) is 17.0. The zero-order valence-corrected chi connectivity index (χ0v) is 14.6. The van der Waals surface area contributed by atoms with Crippen molar-refractivity contribution in [3.05, 3.63) is 58.1 Å². The van der Waals surface area contributed by atoms with E-state index in [0.717, 1.165) is 15.6 Å². The number of carbonyl (C=O) groups excluding carboxylic acids is 1. The van der Waals surface area contributed by atoms with E-state index < -0.39 is 0 Å². The van der Waals surface area contributed by atoms with E-state index in [4.69, 9.17) is 10.5 Å². The predicted molar refractivity (Wildman–Crippen MR) is 95.6 cm³/mol. The Bertz CT molecular complexity index is 727. The fourth-order valence-corrected chi connectivity index (χ4v) is 2.07. The molecule has 0 bridgehead atoms. The van der Waals surface area contributed by atoms with Gasteiger partial charge in [-0.1, -0.05) is 28.1 Å². The summed E-state index contributed by atoms with van der Waals surface area (Å²) in [5.74, 6) is 0.320. The highest BCUT2D eigenvalue weighted by Crippen LogP contribution is 2.21. The zero-order chi connectivity index (χ0) is 16.8. The summed E-state index contributed by atoms with van der Waals surface area (Å²) in [6.07, 6.45) is 0. The smallest absolute Gasteiger partial charge is 0.277 e. The highest BCUT2D eigenvalue weighted by Gasteiger charge is 2.04. The molecule has 0 aliphatic carbocycles. The lowest BCUT2D eigenvalue weighted by Crippen LogP contribution is -2.25. The molecule has 1 amide bonds. The van der Waals surface area contributed by atoms with Crippen molar-refractivity contribution in [2.45, 2.75) is 13.8 Å². The number of ether oxygens (including phenoxy) is 1. The number of aryl methyl sites for hydroxylation is 1. The molecular formula is C17H18BrN3O2. The monoisotopic (exact) mass is 375 g/mol. The zero-order valence-electron chi connectivity index (χ0n) is 13.0. The van der Waals surface area contributed by atoms with E-state index in [9.17, 15) is 4.79 Å². The second kappa shape index (κ2) is 7.78. The van der Waals surface area contributed by atoms with Gasteiger partial charge in [0.25, 0.3) is 5.91 Å². The Morgan fingerprint density at radius 3 is 2.61 bits per heavy atom. The van der Waals surface area contributed by atoms with Crippen LogP contribution in [0.25, 0.3) is 0 Å². The topological polar surface area (TPSA) is 76.7 Å². The maximum Gasteiger partial charge on any atom is 0.277 e. The molecule has 2 aromatic rings. The molecule has 120 valence electrons. The predicted octanol–water partition coefficient (Wildman–Crippen LogP) is 3.26. The van der Waals surface area contributed by atoms with Crippen molar-refractivity contribution in [1.29, 1.82) is 0 Å². The van der Waals surface area contributed by atoms with Crippen LogP contribution in [-0.2, 0) is 4.79 Å². The number of amides is 1. The first-order valence-corrected chi connectivity index (χ1v) is 7.83. The number of rotatable bonds is 5.